The van der Waals surface area contributed by atoms with Crippen LogP contribution in [-0.4, -0.2) is 30.4 Å². The topological polar surface area (TPSA) is 73.5 Å². The fourth-order valence-electron chi connectivity index (χ4n) is 3.95. The number of hydrazine groups is 1. The Morgan fingerprint density at radius 1 is 1.18 bits per heavy atom. The van der Waals surface area contributed by atoms with Crippen LogP contribution in [0.2, 0.25) is 0 Å². The van der Waals surface area contributed by atoms with Gasteiger partial charge in [-0.2, -0.15) is 0 Å². The number of benzene rings is 2. The third-order valence-corrected chi connectivity index (χ3v) is 5.46. The lowest BCUT2D eigenvalue weighted by Crippen LogP contribution is -2.58. The maximum Gasteiger partial charge on any atom is 0.236 e. The molecule has 146 valence electrons. The summed E-state index contributed by atoms with van der Waals surface area (Å²) in [7, 11) is 0. The number of nitrogens with one attached hydrogen (secondary N) is 3. The van der Waals surface area contributed by atoms with E-state index in [2.05, 4.69) is 16.1 Å². The van der Waals surface area contributed by atoms with Crippen LogP contribution >= 0.6 is 0 Å². The number of nitrogens with zero attached hydrogens (tertiary/aromatic N) is 1. The number of Topliss-reactive ketones (excluding diaryl/α,β-unsaturated/α-hetero) is 1. The second kappa shape index (κ2) is 7.33. The molecule has 4 atom stereocenters. The minimum Gasteiger partial charge on any atom is -0.323 e. The van der Waals surface area contributed by atoms with E-state index in [0.29, 0.717) is 0 Å². The number of para-hydroxylation sites is 1. The highest BCUT2D eigenvalue weighted by Crippen LogP contribution is 2.32. The molecular weight excluding hydrogens is 359 g/mol. The van der Waals surface area contributed by atoms with Crippen molar-refractivity contribution < 1.29 is 14.0 Å². The Kier molecular flexibility index (Phi) is 4.87. The average molecular weight is 382 g/mol. The third kappa shape index (κ3) is 3.27. The predicted octanol–water partition coefficient (Wildman–Crippen LogP) is 2.22. The number of carbonyl (C=O) groups excluding carboxylic acids is 2. The van der Waals surface area contributed by atoms with Gasteiger partial charge in [0.1, 0.15) is 17.9 Å². The van der Waals surface area contributed by atoms with Gasteiger partial charge in [0.25, 0.3) is 0 Å². The molecule has 0 aliphatic carbocycles. The largest absolute Gasteiger partial charge is 0.323 e. The molecule has 0 radical (unpaired) electrons. The van der Waals surface area contributed by atoms with Gasteiger partial charge >= 0.3 is 0 Å². The number of hydrogen-bond donors (Lipinski definition) is 3. The van der Waals surface area contributed by atoms with Crippen LogP contribution in [0, 0.1) is 24.6 Å². The van der Waals surface area contributed by atoms with Gasteiger partial charge in [0.15, 0.2) is 5.78 Å². The van der Waals surface area contributed by atoms with E-state index in [-0.39, 0.29) is 36.1 Å². The first-order valence-electron chi connectivity index (χ1n) is 9.40. The molecule has 0 bridgehead atoms. The number of piperidine rings is 1. The molecule has 2 aliphatic rings. The molecule has 2 heterocycles. The standard InChI is InChI=1S/C21H23FN4O2/c1-12-7-9-14(10-8-12)26-20-18(13(2)25-26)19(27)15(11-23-20)21(28)24-17-6-4-3-5-16(17)22/h3-10,13,15,18,20,23,25H,11H2,1-2H3,(H,24,28). The first-order valence-corrected chi connectivity index (χ1v) is 9.40. The smallest absolute Gasteiger partial charge is 0.236 e. The first kappa shape index (κ1) is 18.6. The third-order valence-electron chi connectivity index (χ3n) is 5.46. The number of rotatable bonds is 3. The van der Waals surface area contributed by atoms with Crippen molar-refractivity contribution in [3.05, 3.63) is 59.9 Å². The fourth-order valence-corrected chi connectivity index (χ4v) is 3.95. The molecule has 3 N–H and O–H groups in total. The van der Waals surface area contributed by atoms with Crippen LogP contribution in [0.25, 0.3) is 0 Å². The van der Waals surface area contributed by atoms with E-state index in [1.807, 2.05) is 43.1 Å². The van der Waals surface area contributed by atoms with E-state index in [9.17, 15) is 14.0 Å². The predicted molar refractivity (Wildman–Crippen MR) is 105 cm³/mol. The molecule has 2 fully saturated rings. The Balaban J connectivity index is 1.51. The van der Waals surface area contributed by atoms with Crippen molar-refractivity contribution in [1.29, 1.82) is 0 Å². The maximum absolute atomic E-state index is 13.8. The summed E-state index contributed by atoms with van der Waals surface area (Å²) in [6.45, 7) is 4.16. The number of halogens is 1. The molecule has 6 nitrogen and oxygen atoms in total. The van der Waals surface area contributed by atoms with E-state index in [1.165, 1.54) is 12.1 Å². The number of aryl methyl sites for hydroxylation is 1. The zero-order chi connectivity index (χ0) is 19.8. The van der Waals surface area contributed by atoms with Crippen molar-refractivity contribution in [2.75, 3.05) is 16.9 Å². The second-order valence-electron chi connectivity index (χ2n) is 7.43. The summed E-state index contributed by atoms with van der Waals surface area (Å²) in [6, 6.07) is 13.8. The summed E-state index contributed by atoms with van der Waals surface area (Å²) < 4.78 is 13.8. The molecule has 0 spiro atoms. The van der Waals surface area contributed by atoms with Crippen molar-refractivity contribution >= 4 is 23.1 Å². The number of ketones is 1. The van der Waals surface area contributed by atoms with E-state index in [0.717, 1.165) is 11.3 Å². The van der Waals surface area contributed by atoms with E-state index < -0.39 is 17.6 Å². The molecule has 4 rings (SSSR count). The molecule has 2 aromatic rings. The lowest BCUT2D eigenvalue weighted by atomic mass is 9.83. The summed E-state index contributed by atoms with van der Waals surface area (Å²) in [5.41, 5.74) is 5.54. The SMILES string of the molecule is Cc1ccc(N2NC(C)C3C(=O)C(C(=O)Nc4ccccc4F)CNC32)cc1. The Bertz CT molecular complexity index is 902. The maximum atomic E-state index is 13.8. The van der Waals surface area contributed by atoms with Gasteiger partial charge in [0.2, 0.25) is 5.91 Å². The van der Waals surface area contributed by atoms with Crippen LogP contribution in [0.1, 0.15) is 12.5 Å². The number of amides is 1. The molecule has 2 aliphatic heterocycles. The fraction of sp³-hybridized carbons (Fsp3) is 0.333. The van der Waals surface area contributed by atoms with Gasteiger partial charge in [-0.05, 0) is 38.1 Å². The minimum absolute atomic E-state index is 0.0845. The normalized spacial score (nSPS) is 26.8. The minimum atomic E-state index is -0.858. The van der Waals surface area contributed by atoms with Gasteiger partial charge in [0, 0.05) is 12.6 Å². The lowest BCUT2D eigenvalue weighted by molar-refractivity contribution is -0.136. The van der Waals surface area contributed by atoms with Gasteiger partial charge in [0.05, 0.1) is 17.3 Å². The molecule has 28 heavy (non-hydrogen) atoms. The van der Waals surface area contributed by atoms with Gasteiger partial charge in [-0.15, -0.1) is 0 Å². The summed E-state index contributed by atoms with van der Waals surface area (Å²) >= 11 is 0. The second-order valence-corrected chi connectivity index (χ2v) is 7.43. The molecule has 7 heteroatoms. The van der Waals surface area contributed by atoms with Crippen LogP contribution in [0.3, 0.4) is 0 Å². The lowest BCUT2D eigenvalue weighted by Gasteiger charge is -2.35. The zero-order valence-corrected chi connectivity index (χ0v) is 15.8. The van der Waals surface area contributed by atoms with E-state index >= 15 is 0 Å². The highest BCUT2D eigenvalue weighted by molar-refractivity contribution is 6.09. The Labute approximate surface area is 163 Å². The molecular formula is C21H23FN4O2. The highest BCUT2D eigenvalue weighted by atomic mass is 19.1. The number of anilines is 2. The van der Waals surface area contributed by atoms with Crippen molar-refractivity contribution in [2.45, 2.75) is 26.1 Å². The molecule has 0 aromatic heterocycles. The van der Waals surface area contributed by atoms with E-state index in [1.54, 1.807) is 12.1 Å². The van der Waals surface area contributed by atoms with Crippen molar-refractivity contribution in [3.63, 3.8) is 0 Å². The van der Waals surface area contributed by atoms with Gasteiger partial charge in [-0.1, -0.05) is 29.8 Å². The van der Waals surface area contributed by atoms with Crippen LogP contribution < -0.4 is 21.1 Å². The quantitative estimate of drug-likeness (QED) is 0.710. The molecule has 4 unspecified atom stereocenters. The van der Waals surface area contributed by atoms with Crippen LogP contribution in [0.5, 0.6) is 0 Å². The first-order chi connectivity index (χ1) is 13.5. The Hall–Kier alpha value is -2.77. The van der Waals surface area contributed by atoms with Crippen LogP contribution in [0.4, 0.5) is 15.8 Å². The summed E-state index contributed by atoms with van der Waals surface area (Å²) in [5.74, 6) is -2.38. The number of hydrogen-bond acceptors (Lipinski definition) is 5. The van der Waals surface area contributed by atoms with Gasteiger partial charge in [-0.3, -0.25) is 19.9 Å². The molecule has 1 amide bonds. The summed E-state index contributed by atoms with van der Waals surface area (Å²) in [4.78, 5) is 25.7. The Morgan fingerprint density at radius 2 is 1.89 bits per heavy atom. The van der Waals surface area contributed by atoms with Gasteiger partial charge < -0.3 is 5.32 Å². The Morgan fingerprint density at radius 3 is 2.61 bits per heavy atom. The van der Waals surface area contributed by atoms with Crippen molar-refractivity contribution in [1.82, 2.24) is 10.7 Å². The van der Waals surface area contributed by atoms with Crippen molar-refractivity contribution in [3.8, 4) is 0 Å². The monoisotopic (exact) mass is 382 g/mol. The van der Waals surface area contributed by atoms with E-state index in [4.69, 9.17) is 0 Å². The number of carbonyl (C=O) groups is 2. The summed E-state index contributed by atoms with van der Waals surface area (Å²) in [6.07, 6.45) is -0.234. The van der Waals surface area contributed by atoms with Crippen molar-refractivity contribution in [2.24, 2.45) is 11.8 Å². The van der Waals surface area contributed by atoms with Crippen LogP contribution in [0.15, 0.2) is 48.5 Å². The summed E-state index contributed by atoms with van der Waals surface area (Å²) in [5, 5.41) is 7.83. The zero-order valence-electron chi connectivity index (χ0n) is 15.8. The molecule has 2 saturated heterocycles. The molecule has 2 aromatic carbocycles. The molecule has 0 saturated carbocycles. The number of fused-ring (bicyclic) bond motifs is 1. The average Bonchev–Trinajstić information content (AvgIpc) is 3.02. The van der Waals surface area contributed by atoms with Gasteiger partial charge in [-0.25, -0.2) is 9.82 Å². The van der Waals surface area contributed by atoms with Crippen LogP contribution in [-0.2, 0) is 9.59 Å². The highest BCUT2D eigenvalue weighted by Gasteiger charge is 2.50.